The van der Waals surface area contributed by atoms with Crippen molar-refractivity contribution in [3.05, 3.63) is 53.3 Å². The number of anilines is 2. The summed E-state index contributed by atoms with van der Waals surface area (Å²) in [6.45, 7) is 4.80. The second-order valence-corrected chi connectivity index (χ2v) is 6.06. The number of nitrogens with zero attached hydrogens (tertiary/aromatic N) is 2. The van der Waals surface area contributed by atoms with Crippen molar-refractivity contribution >= 4 is 23.2 Å². The van der Waals surface area contributed by atoms with Crippen LogP contribution in [0.4, 0.5) is 11.4 Å². The van der Waals surface area contributed by atoms with E-state index in [4.69, 9.17) is 4.74 Å². The maximum atomic E-state index is 12.6. The Morgan fingerprint density at radius 2 is 1.88 bits per heavy atom. The van der Waals surface area contributed by atoms with Crippen LogP contribution in [0.15, 0.2) is 36.5 Å². The lowest BCUT2D eigenvalue weighted by Crippen LogP contribution is -2.36. The predicted molar refractivity (Wildman–Crippen MR) is 99.8 cm³/mol. The second kappa shape index (κ2) is 7.97. The summed E-state index contributed by atoms with van der Waals surface area (Å²) in [7, 11) is 1.58. The molecule has 1 fully saturated rings. The van der Waals surface area contributed by atoms with Gasteiger partial charge in [0.15, 0.2) is 0 Å². The van der Waals surface area contributed by atoms with E-state index in [0.717, 1.165) is 24.3 Å². The fourth-order valence-corrected chi connectivity index (χ4v) is 2.84. The van der Waals surface area contributed by atoms with Crippen LogP contribution >= 0.6 is 0 Å². The average Bonchev–Trinajstić information content (AvgIpc) is 2.69. The minimum absolute atomic E-state index is 0.161. The largest absolute Gasteiger partial charge is 0.378 e. The molecule has 3 rings (SSSR count). The second-order valence-electron chi connectivity index (χ2n) is 6.06. The minimum atomic E-state index is -0.282. The van der Waals surface area contributed by atoms with Gasteiger partial charge in [-0.15, -0.1) is 0 Å². The third-order valence-electron chi connectivity index (χ3n) is 4.32. The number of aryl methyl sites for hydroxylation is 1. The molecule has 0 aliphatic carbocycles. The summed E-state index contributed by atoms with van der Waals surface area (Å²) >= 11 is 0. The maximum absolute atomic E-state index is 12.6. The molecule has 0 atom stereocenters. The number of aromatic nitrogens is 1. The molecule has 26 heavy (non-hydrogen) atoms. The molecule has 0 bridgehead atoms. The van der Waals surface area contributed by atoms with Crippen LogP contribution in [-0.2, 0) is 4.74 Å². The van der Waals surface area contributed by atoms with Crippen LogP contribution in [0, 0.1) is 6.92 Å². The Morgan fingerprint density at radius 1 is 1.12 bits per heavy atom. The molecule has 136 valence electrons. The number of rotatable bonds is 4. The number of morpholine rings is 1. The van der Waals surface area contributed by atoms with E-state index in [1.165, 1.54) is 0 Å². The molecule has 2 heterocycles. The van der Waals surface area contributed by atoms with Gasteiger partial charge in [-0.1, -0.05) is 0 Å². The molecule has 2 amide bonds. The molecule has 1 aliphatic rings. The fourth-order valence-electron chi connectivity index (χ4n) is 2.84. The summed E-state index contributed by atoms with van der Waals surface area (Å²) in [5.41, 5.74) is 3.32. The summed E-state index contributed by atoms with van der Waals surface area (Å²) < 4.78 is 5.36. The summed E-state index contributed by atoms with van der Waals surface area (Å²) in [6, 6.07) is 8.83. The van der Waals surface area contributed by atoms with Crippen molar-refractivity contribution in [2.24, 2.45) is 0 Å². The zero-order valence-electron chi connectivity index (χ0n) is 14.9. The normalized spacial score (nSPS) is 14.0. The maximum Gasteiger partial charge on any atom is 0.274 e. The van der Waals surface area contributed by atoms with Gasteiger partial charge in [0, 0.05) is 43.3 Å². The van der Waals surface area contributed by atoms with Gasteiger partial charge in [0.2, 0.25) is 0 Å². The molecule has 0 spiro atoms. The SMILES string of the molecule is CNC(=O)c1ccc(NC(=O)c2cc(N3CCOCC3)ccn2)c(C)c1. The minimum Gasteiger partial charge on any atom is -0.378 e. The molecule has 1 aromatic heterocycles. The number of hydrogen-bond acceptors (Lipinski definition) is 5. The fraction of sp³-hybridized carbons (Fsp3) is 0.316. The van der Waals surface area contributed by atoms with Crippen LogP contribution in [0.25, 0.3) is 0 Å². The number of hydrogen-bond donors (Lipinski definition) is 2. The van der Waals surface area contributed by atoms with Crippen LogP contribution < -0.4 is 15.5 Å². The van der Waals surface area contributed by atoms with E-state index in [9.17, 15) is 9.59 Å². The summed E-state index contributed by atoms with van der Waals surface area (Å²) in [5, 5.41) is 5.45. The van der Waals surface area contributed by atoms with Crippen molar-refractivity contribution in [1.82, 2.24) is 10.3 Å². The summed E-state index contributed by atoms with van der Waals surface area (Å²) in [6.07, 6.45) is 1.64. The standard InChI is InChI=1S/C19H22N4O3/c1-13-11-14(18(24)20-2)3-4-16(13)22-19(25)17-12-15(5-6-21-17)23-7-9-26-10-8-23/h3-6,11-12H,7-10H2,1-2H3,(H,20,24)(H,22,25). The lowest BCUT2D eigenvalue weighted by Gasteiger charge is -2.28. The van der Waals surface area contributed by atoms with Gasteiger partial charge >= 0.3 is 0 Å². The van der Waals surface area contributed by atoms with Crippen molar-refractivity contribution in [2.75, 3.05) is 43.6 Å². The number of carbonyl (C=O) groups excluding carboxylic acids is 2. The van der Waals surface area contributed by atoms with Crippen molar-refractivity contribution < 1.29 is 14.3 Å². The highest BCUT2D eigenvalue weighted by molar-refractivity contribution is 6.04. The Hall–Kier alpha value is -2.93. The van der Waals surface area contributed by atoms with Crippen LogP contribution in [0.2, 0.25) is 0 Å². The molecule has 0 unspecified atom stereocenters. The van der Waals surface area contributed by atoms with Crippen LogP contribution in [-0.4, -0.2) is 50.1 Å². The van der Waals surface area contributed by atoms with Crippen LogP contribution in [0.3, 0.4) is 0 Å². The summed E-state index contributed by atoms with van der Waals surface area (Å²) in [5.74, 6) is -0.443. The number of carbonyl (C=O) groups is 2. The average molecular weight is 354 g/mol. The van der Waals surface area contributed by atoms with Crippen molar-refractivity contribution in [3.8, 4) is 0 Å². The molecule has 1 aliphatic heterocycles. The van der Waals surface area contributed by atoms with Crippen molar-refractivity contribution in [3.63, 3.8) is 0 Å². The molecular formula is C19H22N4O3. The van der Waals surface area contributed by atoms with Gasteiger partial charge in [-0.25, -0.2) is 0 Å². The molecule has 0 radical (unpaired) electrons. The number of pyridine rings is 1. The van der Waals surface area contributed by atoms with Gasteiger partial charge in [0.25, 0.3) is 11.8 Å². The Labute approximate surface area is 152 Å². The third kappa shape index (κ3) is 4.00. The van der Waals surface area contributed by atoms with E-state index in [-0.39, 0.29) is 11.8 Å². The topological polar surface area (TPSA) is 83.6 Å². The Balaban J connectivity index is 1.75. The third-order valence-corrected chi connectivity index (χ3v) is 4.32. The van der Waals surface area contributed by atoms with E-state index < -0.39 is 0 Å². The first-order valence-corrected chi connectivity index (χ1v) is 8.51. The molecule has 2 N–H and O–H groups in total. The Morgan fingerprint density at radius 3 is 2.58 bits per heavy atom. The Kier molecular flexibility index (Phi) is 5.48. The lowest BCUT2D eigenvalue weighted by atomic mass is 10.1. The number of ether oxygens (including phenoxy) is 1. The van der Waals surface area contributed by atoms with Gasteiger partial charge < -0.3 is 20.3 Å². The molecule has 1 saturated heterocycles. The number of benzene rings is 1. The number of nitrogens with one attached hydrogen (secondary N) is 2. The van der Waals surface area contributed by atoms with Gasteiger partial charge in [-0.2, -0.15) is 0 Å². The highest BCUT2D eigenvalue weighted by atomic mass is 16.5. The van der Waals surface area contributed by atoms with Crippen LogP contribution in [0.1, 0.15) is 26.4 Å². The van der Waals surface area contributed by atoms with Gasteiger partial charge in [-0.3, -0.25) is 14.6 Å². The quantitative estimate of drug-likeness (QED) is 0.875. The van der Waals surface area contributed by atoms with E-state index in [2.05, 4.69) is 20.5 Å². The first kappa shape index (κ1) is 17.9. The zero-order valence-corrected chi connectivity index (χ0v) is 14.9. The van der Waals surface area contributed by atoms with E-state index >= 15 is 0 Å². The first-order valence-electron chi connectivity index (χ1n) is 8.51. The molecule has 2 aromatic rings. The molecule has 0 saturated carbocycles. The Bertz CT molecular complexity index is 816. The highest BCUT2D eigenvalue weighted by Gasteiger charge is 2.15. The monoisotopic (exact) mass is 354 g/mol. The molecule has 7 heteroatoms. The van der Waals surface area contributed by atoms with Crippen LogP contribution in [0.5, 0.6) is 0 Å². The van der Waals surface area contributed by atoms with Crippen molar-refractivity contribution in [2.45, 2.75) is 6.92 Å². The molecular weight excluding hydrogens is 332 g/mol. The molecule has 7 nitrogen and oxygen atoms in total. The predicted octanol–water partition coefficient (Wildman–Crippen LogP) is 1.84. The van der Waals surface area contributed by atoms with Crippen molar-refractivity contribution in [1.29, 1.82) is 0 Å². The van der Waals surface area contributed by atoms with Gasteiger partial charge in [0.1, 0.15) is 5.69 Å². The number of amides is 2. The van der Waals surface area contributed by atoms with E-state index in [1.807, 2.05) is 13.0 Å². The van der Waals surface area contributed by atoms with E-state index in [1.54, 1.807) is 37.5 Å². The molecule has 1 aromatic carbocycles. The summed E-state index contributed by atoms with van der Waals surface area (Å²) in [4.78, 5) is 30.6. The lowest BCUT2D eigenvalue weighted by molar-refractivity contribution is 0.0962. The van der Waals surface area contributed by atoms with Gasteiger partial charge in [-0.05, 0) is 42.8 Å². The zero-order chi connectivity index (χ0) is 18.5. The highest BCUT2D eigenvalue weighted by Crippen LogP contribution is 2.19. The smallest absolute Gasteiger partial charge is 0.274 e. The van der Waals surface area contributed by atoms with Gasteiger partial charge in [0.05, 0.1) is 13.2 Å². The van der Waals surface area contributed by atoms with E-state index in [0.29, 0.717) is 30.2 Å². The first-order chi connectivity index (χ1) is 12.6.